The van der Waals surface area contributed by atoms with E-state index in [1.54, 1.807) is 10.6 Å². The lowest BCUT2D eigenvalue weighted by molar-refractivity contribution is 0.724. The molecule has 2 N–H and O–H groups in total. The molecule has 4 rings (SSSR count). The Morgan fingerprint density at radius 2 is 2.18 bits per heavy atom. The summed E-state index contributed by atoms with van der Waals surface area (Å²) in [5.74, 6) is 0.743. The maximum absolute atomic E-state index is 12.7. The number of aromatic nitrogens is 4. The summed E-state index contributed by atoms with van der Waals surface area (Å²) in [6.07, 6.45) is 8.38. The van der Waals surface area contributed by atoms with Gasteiger partial charge in [0.1, 0.15) is 11.5 Å². The van der Waals surface area contributed by atoms with E-state index in [1.165, 1.54) is 6.07 Å². The second kappa shape index (κ2) is 7.82. The van der Waals surface area contributed by atoms with Gasteiger partial charge in [-0.1, -0.05) is 6.58 Å². The predicted octanol–water partition coefficient (Wildman–Crippen LogP) is 2.25. The lowest BCUT2D eigenvalue weighted by atomic mass is 10.2. The van der Waals surface area contributed by atoms with Crippen molar-refractivity contribution in [1.82, 2.24) is 24.7 Å². The van der Waals surface area contributed by atoms with Crippen LogP contribution in [0.4, 0.5) is 5.69 Å². The first-order valence-corrected chi connectivity index (χ1v) is 9.48. The van der Waals surface area contributed by atoms with Crippen molar-refractivity contribution in [2.75, 3.05) is 31.1 Å². The lowest BCUT2D eigenvalue weighted by Gasteiger charge is -2.22. The normalized spacial score (nSPS) is 15.2. The fraction of sp³-hybridized carbons (Fsp3) is 0.286. The summed E-state index contributed by atoms with van der Waals surface area (Å²) in [4.78, 5) is 27.0. The summed E-state index contributed by atoms with van der Waals surface area (Å²) in [6.45, 7) is 9.88. The summed E-state index contributed by atoms with van der Waals surface area (Å²) in [5, 5.41) is 3.40. The van der Waals surface area contributed by atoms with Gasteiger partial charge in [0, 0.05) is 43.8 Å². The first-order valence-electron chi connectivity index (χ1n) is 9.48. The molecule has 0 atom stereocenters. The molecule has 0 unspecified atom stereocenters. The molecule has 0 radical (unpaired) electrons. The van der Waals surface area contributed by atoms with Crippen molar-refractivity contribution in [3.05, 3.63) is 70.8 Å². The van der Waals surface area contributed by atoms with Gasteiger partial charge in [-0.25, -0.2) is 9.97 Å². The van der Waals surface area contributed by atoms with Gasteiger partial charge in [0.25, 0.3) is 5.56 Å². The second-order valence-corrected chi connectivity index (χ2v) is 7.00. The highest BCUT2D eigenvalue weighted by Crippen LogP contribution is 2.17. The van der Waals surface area contributed by atoms with Crippen LogP contribution in [0.15, 0.2) is 48.0 Å². The number of rotatable bonds is 4. The van der Waals surface area contributed by atoms with Gasteiger partial charge in [0.15, 0.2) is 0 Å². The van der Waals surface area contributed by atoms with Crippen LogP contribution in [0.5, 0.6) is 0 Å². The Morgan fingerprint density at radius 3 is 3.00 bits per heavy atom. The van der Waals surface area contributed by atoms with Gasteiger partial charge in [-0.15, -0.1) is 0 Å². The summed E-state index contributed by atoms with van der Waals surface area (Å²) in [5.41, 5.74) is 3.76. The molecule has 3 aromatic heterocycles. The van der Waals surface area contributed by atoms with Crippen LogP contribution in [0.1, 0.15) is 23.6 Å². The van der Waals surface area contributed by atoms with Crippen LogP contribution >= 0.6 is 0 Å². The third-order valence-corrected chi connectivity index (χ3v) is 4.84. The van der Waals surface area contributed by atoms with E-state index in [9.17, 15) is 4.79 Å². The quantitative estimate of drug-likeness (QED) is 0.683. The topological polar surface area (TPSA) is 78.3 Å². The first kappa shape index (κ1) is 18.2. The number of hydrogen-bond donors (Lipinski definition) is 2. The number of aryl methyl sites for hydroxylation is 1. The molecule has 0 aliphatic carbocycles. The molecular formula is C21H24N6O. The molecule has 28 heavy (non-hydrogen) atoms. The van der Waals surface area contributed by atoms with Gasteiger partial charge >= 0.3 is 0 Å². The number of nitrogens with one attached hydrogen (secondary N) is 2. The Bertz CT molecular complexity index is 1090. The lowest BCUT2D eigenvalue weighted by Crippen LogP contribution is -2.28. The maximum atomic E-state index is 12.7. The number of imidazole rings is 1. The molecular weight excluding hydrogens is 352 g/mol. The van der Waals surface area contributed by atoms with Gasteiger partial charge < -0.3 is 15.2 Å². The van der Waals surface area contributed by atoms with E-state index in [2.05, 4.69) is 31.7 Å². The fourth-order valence-corrected chi connectivity index (χ4v) is 3.33. The molecule has 1 saturated heterocycles. The molecule has 7 heteroatoms. The van der Waals surface area contributed by atoms with Gasteiger partial charge in [-0.2, -0.15) is 0 Å². The number of fused-ring (bicyclic) bond motifs is 1. The van der Waals surface area contributed by atoms with Crippen molar-refractivity contribution in [2.45, 2.75) is 13.3 Å². The van der Waals surface area contributed by atoms with E-state index in [4.69, 9.17) is 0 Å². The molecule has 7 nitrogen and oxygen atoms in total. The second-order valence-electron chi connectivity index (χ2n) is 7.00. The first-order chi connectivity index (χ1) is 13.6. The smallest absolute Gasteiger partial charge is 0.258 e. The van der Waals surface area contributed by atoms with E-state index >= 15 is 0 Å². The zero-order chi connectivity index (χ0) is 19.5. The van der Waals surface area contributed by atoms with Gasteiger partial charge in [-0.05, 0) is 49.7 Å². The maximum Gasteiger partial charge on any atom is 0.258 e. The van der Waals surface area contributed by atoms with Crippen molar-refractivity contribution in [2.24, 2.45) is 0 Å². The molecule has 0 amide bonds. The van der Waals surface area contributed by atoms with Crippen LogP contribution in [0, 0.1) is 6.92 Å². The minimum absolute atomic E-state index is 0.113. The summed E-state index contributed by atoms with van der Waals surface area (Å²) in [7, 11) is 0. The van der Waals surface area contributed by atoms with E-state index in [-0.39, 0.29) is 5.56 Å². The molecule has 1 aliphatic heterocycles. The minimum atomic E-state index is -0.113. The molecule has 0 aromatic carbocycles. The number of pyridine rings is 1. The zero-order valence-electron chi connectivity index (χ0n) is 16.0. The molecule has 0 spiro atoms. The van der Waals surface area contributed by atoms with E-state index in [0.717, 1.165) is 49.8 Å². The van der Waals surface area contributed by atoms with Crippen molar-refractivity contribution < 1.29 is 0 Å². The Hall–Kier alpha value is -3.19. The third-order valence-electron chi connectivity index (χ3n) is 4.84. The predicted molar refractivity (Wildman–Crippen MR) is 113 cm³/mol. The molecule has 0 bridgehead atoms. The van der Waals surface area contributed by atoms with Crippen molar-refractivity contribution in [1.29, 1.82) is 0 Å². The highest BCUT2D eigenvalue weighted by molar-refractivity contribution is 5.75. The summed E-state index contributed by atoms with van der Waals surface area (Å²) in [6, 6.07) is 5.45. The molecule has 4 heterocycles. The van der Waals surface area contributed by atoms with Gasteiger partial charge in [0.2, 0.25) is 0 Å². The molecule has 0 saturated carbocycles. The highest BCUT2D eigenvalue weighted by Gasteiger charge is 2.11. The SMILES string of the molecule is C=C(/C=C\c1ncc(C)[nH]1)c1cc(=O)n2cc(N3CCCNCC3)ccc2n1. The Morgan fingerprint density at radius 1 is 1.29 bits per heavy atom. The highest BCUT2D eigenvalue weighted by atomic mass is 16.1. The Labute approximate surface area is 163 Å². The average molecular weight is 376 g/mol. The van der Waals surface area contributed by atoms with E-state index in [0.29, 0.717) is 16.9 Å². The monoisotopic (exact) mass is 376 g/mol. The van der Waals surface area contributed by atoms with Crippen molar-refractivity contribution in [3.8, 4) is 0 Å². The summed E-state index contributed by atoms with van der Waals surface area (Å²) < 4.78 is 1.60. The molecule has 3 aromatic rings. The van der Waals surface area contributed by atoms with E-state index < -0.39 is 0 Å². The zero-order valence-corrected chi connectivity index (χ0v) is 16.0. The Balaban J connectivity index is 1.61. The van der Waals surface area contributed by atoms with E-state index in [1.807, 2.05) is 37.4 Å². The number of hydrogen-bond acceptors (Lipinski definition) is 5. The van der Waals surface area contributed by atoms with Crippen LogP contribution in [-0.4, -0.2) is 45.5 Å². The van der Waals surface area contributed by atoms with Crippen LogP contribution in [-0.2, 0) is 0 Å². The fourth-order valence-electron chi connectivity index (χ4n) is 3.33. The van der Waals surface area contributed by atoms with Crippen LogP contribution in [0.3, 0.4) is 0 Å². The number of nitrogens with zero attached hydrogens (tertiary/aromatic N) is 4. The van der Waals surface area contributed by atoms with Crippen LogP contribution < -0.4 is 15.8 Å². The molecule has 1 fully saturated rings. The standard InChI is InChI=1S/C21H24N6O/c1-15(4-6-19-23-13-16(2)24-19)18-12-21(28)27-14-17(5-7-20(27)25-18)26-10-3-8-22-9-11-26/h4-7,12-14,22H,1,3,8-11H2,2H3,(H,23,24)/b6-4-. The third kappa shape index (κ3) is 3.89. The van der Waals surface area contributed by atoms with Crippen LogP contribution in [0.25, 0.3) is 17.3 Å². The number of H-pyrrole nitrogens is 1. The largest absolute Gasteiger partial charge is 0.369 e. The van der Waals surface area contributed by atoms with Gasteiger partial charge in [-0.3, -0.25) is 9.20 Å². The minimum Gasteiger partial charge on any atom is -0.369 e. The molecule has 144 valence electrons. The van der Waals surface area contributed by atoms with Crippen molar-refractivity contribution in [3.63, 3.8) is 0 Å². The summed E-state index contributed by atoms with van der Waals surface area (Å²) >= 11 is 0. The average Bonchev–Trinajstić information content (AvgIpc) is 2.93. The van der Waals surface area contributed by atoms with Crippen molar-refractivity contribution >= 4 is 23.0 Å². The Kier molecular flexibility index (Phi) is 5.08. The molecule has 1 aliphatic rings. The number of aromatic amines is 1. The number of anilines is 1. The number of allylic oxidation sites excluding steroid dienone is 2. The van der Waals surface area contributed by atoms with Gasteiger partial charge in [0.05, 0.1) is 11.4 Å². The van der Waals surface area contributed by atoms with Crippen LogP contribution in [0.2, 0.25) is 0 Å².